The number of halogens is 1. The van der Waals surface area contributed by atoms with Crippen molar-refractivity contribution in [2.75, 3.05) is 51.2 Å². The molecule has 142 valence electrons. The summed E-state index contributed by atoms with van der Waals surface area (Å²) in [5, 5.41) is 14.9. The third-order valence-corrected chi connectivity index (χ3v) is 4.75. The Bertz CT molecular complexity index is 650. The number of unbranched alkanes of at least 4 members (excludes halogenated alkanes) is 1. The van der Waals surface area contributed by atoms with E-state index in [1.54, 1.807) is 13.1 Å². The minimum atomic E-state index is -0.942. The number of piperazine rings is 1. The van der Waals surface area contributed by atoms with Gasteiger partial charge in [-0.1, -0.05) is 6.07 Å². The first-order valence-corrected chi connectivity index (χ1v) is 8.91. The lowest BCUT2D eigenvalue weighted by Gasteiger charge is -2.35. The van der Waals surface area contributed by atoms with E-state index in [9.17, 15) is 14.3 Å². The Morgan fingerprint density at radius 1 is 1.19 bits per heavy atom. The number of aliphatic hydroxyl groups excluding tert-OH is 1. The Kier molecular flexibility index (Phi) is 6.00. The molecule has 1 unspecified atom stereocenters. The number of rotatable bonds is 6. The summed E-state index contributed by atoms with van der Waals surface area (Å²) in [7, 11) is 1.55. The zero-order valence-corrected chi connectivity index (χ0v) is 15.0. The number of aliphatic hydroxyl groups is 1. The molecule has 2 aliphatic heterocycles. The minimum absolute atomic E-state index is 0.281. The number of urea groups is 1. The molecule has 9 heteroatoms. The predicted octanol–water partition coefficient (Wildman–Crippen LogP) is 0.794. The number of carbonyl (C=O) groups excluding carboxylic acids is 1. The molecule has 1 saturated heterocycles. The third-order valence-electron chi connectivity index (χ3n) is 4.75. The summed E-state index contributed by atoms with van der Waals surface area (Å²) in [5.41, 5.74) is 0. The summed E-state index contributed by atoms with van der Waals surface area (Å²) in [6, 6.07) is 4.60. The number of hydrogen-bond donors (Lipinski definition) is 1. The highest BCUT2D eigenvalue weighted by molar-refractivity contribution is 5.82. The Morgan fingerprint density at radius 2 is 1.92 bits per heavy atom. The van der Waals surface area contributed by atoms with E-state index in [1.807, 2.05) is 6.07 Å². The van der Waals surface area contributed by atoms with Crippen LogP contribution in [0.3, 0.4) is 0 Å². The van der Waals surface area contributed by atoms with Crippen LogP contribution >= 0.6 is 0 Å². The van der Waals surface area contributed by atoms with Crippen molar-refractivity contribution < 1.29 is 14.3 Å². The van der Waals surface area contributed by atoms with Crippen LogP contribution in [0, 0.1) is 5.95 Å². The molecule has 0 radical (unpaired) electrons. The normalized spacial score (nSPS) is 21.6. The lowest BCUT2D eigenvalue weighted by Crippen LogP contribution is -2.49. The van der Waals surface area contributed by atoms with Crippen molar-refractivity contribution in [3.05, 3.63) is 24.1 Å². The van der Waals surface area contributed by atoms with Crippen molar-refractivity contribution in [3.63, 3.8) is 0 Å². The Morgan fingerprint density at radius 3 is 2.65 bits per heavy atom. The first-order valence-electron chi connectivity index (χ1n) is 8.91. The lowest BCUT2D eigenvalue weighted by molar-refractivity contribution is 0.0687. The van der Waals surface area contributed by atoms with Crippen LogP contribution in [0.4, 0.5) is 15.0 Å². The molecule has 26 heavy (non-hydrogen) atoms. The highest BCUT2D eigenvalue weighted by Crippen LogP contribution is 2.14. The van der Waals surface area contributed by atoms with Gasteiger partial charge in [-0.15, -0.1) is 0 Å². The van der Waals surface area contributed by atoms with Crippen LogP contribution in [-0.2, 0) is 0 Å². The van der Waals surface area contributed by atoms with E-state index in [1.165, 1.54) is 22.2 Å². The summed E-state index contributed by atoms with van der Waals surface area (Å²) in [6.45, 7) is 4.97. The maximum atomic E-state index is 13.2. The van der Waals surface area contributed by atoms with Gasteiger partial charge in [0, 0.05) is 39.8 Å². The maximum absolute atomic E-state index is 13.2. The average Bonchev–Trinajstić information content (AvgIpc) is 2.65. The molecular weight excluding hydrogens is 339 g/mol. The molecule has 1 atom stereocenters. The van der Waals surface area contributed by atoms with Gasteiger partial charge in [0.15, 0.2) is 6.23 Å². The summed E-state index contributed by atoms with van der Waals surface area (Å²) >= 11 is 0. The molecule has 0 aromatic carbocycles. The number of nitrogens with zero attached hydrogens (tertiary/aromatic N) is 6. The first-order chi connectivity index (χ1) is 12.5. The highest BCUT2D eigenvalue weighted by Gasteiger charge is 2.26. The molecule has 3 rings (SSSR count). The summed E-state index contributed by atoms with van der Waals surface area (Å²) < 4.78 is 13.2. The van der Waals surface area contributed by atoms with Gasteiger partial charge in [-0.3, -0.25) is 9.80 Å². The van der Waals surface area contributed by atoms with Gasteiger partial charge < -0.3 is 10.0 Å². The van der Waals surface area contributed by atoms with Crippen LogP contribution < -0.4 is 4.90 Å². The number of hydrazone groups is 1. The van der Waals surface area contributed by atoms with E-state index in [-0.39, 0.29) is 6.03 Å². The summed E-state index contributed by atoms with van der Waals surface area (Å²) in [6.07, 6.45) is 2.23. The highest BCUT2D eigenvalue weighted by atomic mass is 19.1. The predicted molar refractivity (Wildman–Crippen MR) is 96.4 cm³/mol. The van der Waals surface area contributed by atoms with E-state index in [2.05, 4.69) is 19.9 Å². The molecular formula is C17H25FN6O2. The number of anilines is 1. The largest absolute Gasteiger partial charge is 0.368 e. The maximum Gasteiger partial charge on any atom is 0.342 e. The molecule has 1 aromatic rings. The molecule has 3 heterocycles. The monoisotopic (exact) mass is 364 g/mol. The smallest absolute Gasteiger partial charge is 0.342 e. The van der Waals surface area contributed by atoms with Crippen LogP contribution in [0.15, 0.2) is 23.3 Å². The molecule has 2 aliphatic rings. The van der Waals surface area contributed by atoms with Gasteiger partial charge in [-0.05, 0) is 31.5 Å². The van der Waals surface area contributed by atoms with E-state index >= 15 is 0 Å². The zero-order valence-electron chi connectivity index (χ0n) is 15.0. The molecule has 1 N–H and O–H groups in total. The Balaban J connectivity index is 1.36. The second kappa shape index (κ2) is 8.41. The standard InChI is InChI=1S/C17H25FN6O2/c1-21-16(25)13-19-24(17(21)26)8-3-2-7-22-9-11-23(12-10-22)15-6-4-5-14(18)20-15/h4-6,13,16,25H,2-3,7-12H2,1H3. The second-order valence-corrected chi connectivity index (χ2v) is 6.55. The molecule has 2 amide bonds. The minimum Gasteiger partial charge on any atom is -0.368 e. The number of aromatic nitrogens is 1. The molecule has 8 nitrogen and oxygen atoms in total. The fraction of sp³-hybridized carbons (Fsp3) is 0.588. The summed E-state index contributed by atoms with van der Waals surface area (Å²) in [5.74, 6) is 0.246. The first kappa shape index (κ1) is 18.5. The molecule has 0 spiro atoms. The Labute approximate surface area is 152 Å². The van der Waals surface area contributed by atoms with Crippen molar-refractivity contribution in [2.24, 2.45) is 5.10 Å². The molecule has 0 saturated carbocycles. The quantitative estimate of drug-likeness (QED) is 0.597. The van der Waals surface area contributed by atoms with Crippen LogP contribution in [0.1, 0.15) is 12.8 Å². The van der Waals surface area contributed by atoms with Crippen LogP contribution in [0.2, 0.25) is 0 Å². The Hall–Kier alpha value is -2.26. The van der Waals surface area contributed by atoms with Crippen molar-refractivity contribution in [1.29, 1.82) is 0 Å². The topological polar surface area (TPSA) is 75.5 Å². The van der Waals surface area contributed by atoms with Gasteiger partial charge in [-0.2, -0.15) is 9.49 Å². The van der Waals surface area contributed by atoms with E-state index in [0.717, 1.165) is 45.6 Å². The summed E-state index contributed by atoms with van der Waals surface area (Å²) in [4.78, 5) is 21.6. The third kappa shape index (κ3) is 4.47. The molecule has 0 aliphatic carbocycles. The van der Waals surface area contributed by atoms with Crippen LogP contribution in [0.5, 0.6) is 0 Å². The van der Waals surface area contributed by atoms with Gasteiger partial charge in [0.2, 0.25) is 5.95 Å². The van der Waals surface area contributed by atoms with Gasteiger partial charge in [0.05, 0.1) is 6.21 Å². The number of carbonyl (C=O) groups is 1. The lowest BCUT2D eigenvalue weighted by atomic mass is 10.2. The van der Waals surface area contributed by atoms with Crippen molar-refractivity contribution in [3.8, 4) is 0 Å². The molecule has 1 fully saturated rings. The van der Waals surface area contributed by atoms with E-state index < -0.39 is 12.2 Å². The molecule has 1 aromatic heterocycles. The second-order valence-electron chi connectivity index (χ2n) is 6.55. The SMILES string of the molecule is CN1C(=O)N(CCCCN2CCN(c3cccc(F)n3)CC2)N=CC1O. The van der Waals surface area contributed by atoms with E-state index in [4.69, 9.17) is 0 Å². The number of pyridine rings is 1. The molecule has 0 bridgehead atoms. The van der Waals surface area contributed by atoms with Crippen molar-refractivity contribution >= 4 is 18.1 Å². The van der Waals surface area contributed by atoms with Gasteiger partial charge in [0.1, 0.15) is 5.82 Å². The van der Waals surface area contributed by atoms with Gasteiger partial charge in [-0.25, -0.2) is 14.8 Å². The number of hydrogen-bond acceptors (Lipinski definition) is 6. The zero-order chi connectivity index (χ0) is 18.5. The van der Waals surface area contributed by atoms with Gasteiger partial charge >= 0.3 is 6.03 Å². The van der Waals surface area contributed by atoms with E-state index in [0.29, 0.717) is 12.4 Å². The fourth-order valence-electron chi connectivity index (χ4n) is 3.11. The van der Waals surface area contributed by atoms with Gasteiger partial charge in [0.25, 0.3) is 0 Å². The van der Waals surface area contributed by atoms with Crippen LogP contribution in [0.25, 0.3) is 0 Å². The number of amides is 2. The fourth-order valence-corrected chi connectivity index (χ4v) is 3.11. The van der Waals surface area contributed by atoms with Crippen LogP contribution in [-0.4, -0.2) is 89.7 Å². The van der Waals surface area contributed by atoms with Crippen molar-refractivity contribution in [2.45, 2.75) is 19.1 Å². The average molecular weight is 364 g/mol. The van der Waals surface area contributed by atoms with Crippen molar-refractivity contribution in [1.82, 2.24) is 19.8 Å².